The molecule has 222 valence electrons. The smallest absolute Gasteiger partial charge is 0.247 e. The molecule has 1 aromatic heterocycles. The quantitative estimate of drug-likeness (QED) is 0.338. The number of benzene rings is 2. The zero-order chi connectivity index (χ0) is 29.8. The van der Waals surface area contributed by atoms with Crippen molar-refractivity contribution in [3.8, 4) is 5.75 Å². The summed E-state index contributed by atoms with van der Waals surface area (Å²) in [6, 6.07) is 8.89. The van der Waals surface area contributed by atoms with Crippen molar-refractivity contribution in [2.75, 3.05) is 61.5 Å². The van der Waals surface area contributed by atoms with Gasteiger partial charge in [0, 0.05) is 43.2 Å². The Labute approximate surface area is 243 Å². The van der Waals surface area contributed by atoms with Crippen LogP contribution in [0.15, 0.2) is 55.4 Å². The van der Waals surface area contributed by atoms with Crippen molar-refractivity contribution in [2.45, 2.75) is 31.3 Å². The number of ether oxygens (including phenoxy) is 1. The number of piperidine rings is 1. The molecule has 10 nitrogen and oxygen atoms in total. The lowest BCUT2D eigenvalue weighted by molar-refractivity contribution is -0.111. The van der Waals surface area contributed by atoms with Crippen LogP contribution in [0.25, 0.3) is 0 Å². The molecule has 12 heteroatoms. The molecule has 0 spiro atoms. The molecule has 1 amide bonds. The number of hydrogen-bond acceptors (Lipinski definition) is 9. The van der Waals surface area contributed by atoms with Crippen LogP contribution in [0.4, 0.5) is 37.5 Å². The number of hydroxylamine groups is 1. The molecule has 1 atom stereocenters. The molecule has 0 aliphatic carbocycles. The normalized spacial score (nSPS) is 17.4. The SMILES string of the molecule is C=CC(=O)Nc1cc(Nc2cc(N3OCCC3c3c(F)cccc3F)ncn2)c(OC)cc1N1CCC(N(C)C)CC1. The highest BCUT2D eigenvalue weighted by Gasteiger charge is 2.33. The van der Waals surface area contributed by atoms with Gasteiger partial charge < -0.3 is 25.2 Å². The summed E-state index contributed by atoms with van der Waals surface area (Å²) in [5, 5.41) is 7.57. The molecular weight excluding hydrogens is 544 g/mol. The van der Waals surface area contributed by atoms with Crippen LogP contribution in [-0.4, -0.2) is 67.7 Å². The van der Waals surface area contributed by atoms with Crippen LogP contribution in [0.2, 0.25) is 0 Å². The van der Waals surface area contributed by atoms with Crippen LogP contribution in [0.3, 0.4) is 0 Å². The number of carbonyl (C=O) groups excluding carboxylic acids is 1. The van der Waals surface area contributed by atoms with E-state index in [0.717, 1.165) is 31.6 Å². The molecular formula is C30H35F2N7O3. The highest BCUT2D eigenvalue weighted by atomic mass is 19.1. The van der Waals surface area contributed by atoms with Gasteiger partial charge in [-0.05, 0) is 51.2 Å². The zero-order valence-electron chi connectivity index (χ0n) is 23.9. The Bertz CT molecular complexity index is 1430. The molecule has 2 N–H and O–H groups in total. The van der Waals surface area contributed by atoms with Crippen molar-refractivity contribution in [3.05, 3.63) is 72.6 Å². The van der Waals surface area contributed by atoms with Gasteiger partial charge in [-0.25, -0.2) is 23.8 Å². The maximum Gasteiger partial charge on any atom is 0.247 e. The minimum atomic E-state index is -0.694. The first kappa shape index (κ1) is 29.2. The molecule has 42 heavy (non-hydrogen) atoms. The Kier molecular flexibility index (Phi) is 8.83. The summed E-state index contributed by atoms with van der Waals surface area (Å²) in [6.45, 7) is 5.51. The molecule has 1 unspecified atom stereocenters. The van der Waals surface area contributed by atoms with Gasteiger partial charge in [0.15, 0.2) is 5.82 Å². The third-order valence-corrected chi connectivity index (χ3v) is 7.68. The number of anilines is 5. The van der Waals surface area contributed by atoms with E-state index in [1.54, 1.807) is 19.2 Å². The third kappa shape index (κ3) is 6.14. The molecule has 2 aliphatic rings. The number of carbonyl (C=O) groups is 1. The lowest BCUT2D eigenvalue weighted by atomic mass is 10.0. The van der Waals surface area contributed by atoms with Crippen LogP contribution in [0.1, 0.15) is 30.9 Å². The molecule has 3 heterocycles. The summed E-state index contributed by atoms with van der Waals surface area (Å²) in [6.07, 6.45) is 4.93. The van der Waals surface area contributed by atoms with Crippen molar-refractivity contribution < 1.29 is 23.1 Å². The Balaban J connectivity index is 1.44. The summed E-state index contributed by atoms with van der Waals surface area (Å²) >= 11 is 0. The molecule has 0 radical (unpaired) electrons. The van der Waals surface area contributed by atoms with E-state index in [1.807, 2.05) is 6.07 Å². The standard InChI is InChI=1S/C30H35F2N7O3/c1-5-29(40)36-22-15-23(26(41-4)16-25(22)38-12-9-19(10-13-38)37(2)3)35-27-17-28(34-18-33-27)39-24(11-14-42-39)30-20(31)7-6-8-21(30)32/h5-8,15-19,24H,1,9-14H2,2-4H3,(H,36,40)(H,33,34,35). The number of methoxy groups -OCH3 is 1. The van der Waals surface area contributed by atoms with E-state index in [-0.39, 0.29) is 18.1 Å². The second kappa shape index (κ2) is 12.7. The highest BCUT2D eigenvalue weighted by molar-refractivity contribution is 6.02. The summed E-state index contributed by atoms with van der Waals surface area (Å²) in [5.41, 5.74) is 1.91. The lowest BCUT2D eigenvalue weighted by Gasteiger charge is -2.37. The molecule has 2 aromatic carbocycles. The lowest BCUT2D eigenvalue weighted by Crippen LogP contribution is -2.42. The van der Waals surface area contributed by atoms with Gasteiger partial charge in [0.1, 0.15) is 29.5 Å². The highest BCUT2D eigenvalue weighted by Crippen LogP contribution is 2.41. The maximum absolute atomic E-state index is 14.6. The number of amides is 1. The fraction of sp³-hybridized carbons (Fsp3) is 0.367. The van der Waals surface area contributed by atoms with Gasteiger partial charge in [0.25, 0.3) is 0 Å². The third-order valence-electron chi connectivity index (χ3n) is 7.68. The van der Waals surface area contributed by atoms with Crippen LogP contribution < -0.4 is 25.3 Å². The first-order chi connectivity index (χ1) is 20.3. The van der Waals surface area contributed by atoms with Crippen molar-refractivity contribution >= 4 is 34.6 Å². The van der Waals surface area contributed by atoms with Gasteiger partial charge >= 0.3 is 0 Å². The second-order valence-electron chi connectivity index (χ2n) is 10.4. The van der Waals surface area contributed by atoms with Crippen LogP contribution in [-0.2, 0) is 9.63 Å². The van der Waals surface area contributed by atoms with E-state index >= 15 is 0 Å². The van der Waals surface area contributed by atoms with E-state index in [1.165, 1.54) is 35.7 Å². The molecule has 2 fully saturated rings. The number of hydrogen-bond donors (Lipinski definition) is 2. The number of halogens is 2. The maximum atomic E-state index is 14.6. The number of nitrogens with one attached hydrogen (secondary N) is 2. The zero-order valence-corrected chi connectivity index (χ0v) is 23.9. The van der Waals surface area contributed by atoms with Gasteiger partial charge in [-0.15, -0.1) is 0 Å². The Morgan fingerprint density at radius 2 is 1.86 bits per heavy atom. The molecule has 0 saturated carbocycles. The topological polar surface area (TPSA) is 95.1 Å². The molecule has 3 aromatic rings. The summed E-state index contributed by atoms with van der Waals surface area (Å²) in [7, 11) is 5.75. The van der Waals surface area contributed by atoms with Gasteiger partial charge in [-0.3, -0.25) is 9.63 Å². The van der Waals surface area contributed by atoms with Crippen LogP contribution >= 0.6 is 0 Å². The Morgan fingerprint density at radius 3 is 2.52 bits per heavy atom. The Morgan fingerprint density at radius 1 is 1.12 bits per heavy atom. The summed E-state index contributed by atoms with van der Waals surface area (Å²) in [4.78, 5) is 31.2. The minimum absolute atomic E-state index is 0.0717. The van der Waals surface area contributed by atoms with E-state index < -0.39 is 17.7 Å². The van der Waals surface area contributed by atoms with Crippen molar-refractivity contribution in [1.29, 1.82) is 0 Å². The van der Waals surface area contributed by atoms with Crippen molar-refractivity contribution in [1.82, 2.24) is 14.9 Å². The fourth-order valence-electron chi connectivity index (χ4n) is 5.46. The Hall–Kier alpha value is -4.29. The number of rotatable bonds is 9. The predicted octanol–water partition coefficient (Wildman–Crippen LogP) is 5.04. The van der Waals surface area contributed by atoms with Crippen LogP contribution in [0, 0.1) is 11.6 Å². The van der Waals surface area contributed by atoms with Crippen LogP contribution in [0.5, 0.6) is 5.75 Å². The molecule has 2 saturated heterocycles. The van der Waals surface area contributed by atoms with E-state index in [0.29, 0.717) is 41.2 Å². The van der Waals surface area contributed by atoms with Gasteiger partial charge in [0.05, 0.1) is 36.8 Å². The number of nitrogens with zero attached hydrogens (tertiary/aromatic N) is 5. The van der Waals surface area contributed by atoms with Crippen molar-refractivity contribution in [2.24, 2.45) is 0 Å². The average Bonchev–Trinajstić information content (AvgIpc) is 3.47. The van der Waals surface area contributed by atoms with E-state index in [4.69, 9.17) is 9.57 Å². The van der Waals surface area contributed by atoms with Gasteiger partial charge in [-0.1, -0.05) is 12.6 Å². The molecule has 5 rings (SSSR count). The van der Waals surface area contributed by atoms with E-state index in [9.17, 15) is 13.6 Å². The fourth-order valence-corrected chi connectivity index (χ4v) is 5.46. The monoisotopic (exact) mass is 579 g/mol. The second-order valence-corrected chi connectivity index (χ2v) is 10.4. The molecule has 0 bridgehead atoms. The summed E-state index contributed by atoms with van der Waals surface area (Å²) < 4.78 is 34.9. The van der Waals surface area contributed by atoms with E-state index in [2.05, 4.69) is 51.1 Å². The first-order valence-corrected chi connectivity index (χ1v) is 13.8. The average molecular weight is 580 g/mol. The van der Waals surface area contributed by atoms with Gasteiger partial charge in [-0.2, -0.15) is 0 Å². The molecule has 2 aliphatic heterocycles. The van der Waals surface area contributed by atoms with Crippen molar-refractivity contribution in [3.63, 3.8) is 0 Å². The summed E-state index contributed by atoms with van der Waals surface area (Å²) in [5.74, 6) is -0.363. The number of aromatic nitrogens is 2. The largest absolute Gasteiger partial charge is 0.494 e. The predicted molar refractivity (Wildman–Crippen MR) is 158 cm³/mol. The minimum Gasteiger partial charge on any atom is -0.494 e. The first-order valence-electron chi connectivity index (χ1n) is 13.8. The van der Waals surface area contributed by atoms with Gasteiger partial charge in [0.2, 0.25) is 5.91 Å².